The number of nitrogens with zero attached hydrogens (tertiary/aromatic N) is 2. The molecule has 0 unspecified atom stereocenters. The van der Waals surface area contributed by atoms with E-state index in [9.17, 15) is 14.7 Å². The second-order valence-corrected chi connectivity index (χ2v) is 8.85. The number of hydrogen-bond acceptors (Lipinski definition) is 7. The number of ether oxygens (including phenoxy) is 1. The van der Waals surface area contributed by atoms with Crippen molar-refractivity contribution in [1.29, 1.82) is 0 Å². The monoisotopic (exact) mass is 448 g/mol. The van der Waals surface area contributed by atoms with Crippen molar-refractivity contribution in [2.24, 2.45) is 0 Å². The van der Waals surface area contributed by atoms with Gasteiger partial charge in [0, 0.05) is 5.39 Å². The molecule has 1 fully saturated rings. The molecule has 1 aliphatic rings. The van der Waals surface area contributed by atoms with Crippen LogP contribution >= 0.6 is 35.7 Å². The molecule has 0 radical (unpaired) electrons. The molecule has 2 heterocycles. The topological polar surface area (TPSA) is 79.7 Å². The number of rotatable bonds is 8. The second kappa shape index (κ2) is 9.60. The van der Waals surface area contributed by atoms with Crippen molar-refractivity contribution in [2.75, 3.05) is 18.6 Å². The number of amides is 1. The molecule has 6 nitrogen and oxygen atoms in total. The Balaban J connectivity index is 1.92. The molecule has 1 aromatic heterocycles. The van der Waals surface area contributed by atoms with Crippen LogP contribution < -0.4 is 4.74 Å². The van der Waals surface area contributed by atoms with Crippen molar-refractivity contribution < 1.29 is 19.4 Å². The van der Waals surface area contributed by atoms with Crippen molar-refractivity contribution >= 4 is 68.9 Å². The first kappa shape index (κ1) is 21.6. The third-order valence-electron chi connectivity index (χ3n) is 4.30. The quantitative estimate of drug-likeness (QED) is 0.479. The van der Waals surface area contributed by atoms with Gasteiger partial charge in [-0.25, -0.2) is 9.78 Å². The molecule has 9 heteroatoms. The molecular weight excluding hydrogens is 428 g/mol. The number of carbonyl (C=O) groups excluding carboxylic acids is 1. The smallest absolute Gasteiger partial charge is 0.326 e. The Labute approximate surface area is 182 Å². The van der Waals surface area contributed by atoms with Crippen LogP contribution in [-0.4, -0.2) is 55.8 Å². The molecule has 0 bridgehead atoms. The van der Waals surface area contributed by atoms with Crippen LogP contribution in [-0.2, 0) is 9.59 Å². The van der Waals surface area contributed by atoms with Crippen molar-refractivity contribution in [1.82, 2.24) is 9.88 Å². The highest BCUT2D eigenvalue weighted by Gasteiger charge is 2.40. The van der Waals surface area contributed by atoms with E-state index in [0.717, 1.165) is 17.1 Å². The maximum absolute atomic E-state index is 12.9. The van der Waals surface area contributed by atoms with Gasteiger partial charge in [-0.05, 0) is 43.6 Å². The van der Waals surface area contributed by atoms with E-state index in [-0.39, 0.29) is 4.32 Å². The van der Waals surface area contributed by atoms with Gasteiger partial charge in [0.1, 0.15) is 21.6 Å². The number of aromatic nitrogens is 1. The minimum atomic E-state index is -1.05. The lowest BCUT2D eigenvalue weighted by Gasteiger charge is -2.22. The Kier molecular flexibility index (Phi) is 7.15. The zero-order chi connectivity index (χ0) is 21.0. The maximum Gasteiger partial charge on any atom is 0.326 e. The summed E-state index contributed by atoms with van der Waals surface area (Å²) in [6.45, 7) is 2.43. The Hall–Kier alpha value is -2.10. The van der Waals surface area contributed by atoms with Gasteiger partial charge in [-0.1, -0.05) is 42.2 Å². The highest BCUT2D eigenvalue weighted by molar-refractivity contribution is 8.26. The predicted octanol–water partition coefficient (Wildman–Crippen LogP) is 4.04. The number of pyridine rings is 1. The molecule has 29 heavy (non-hydrogen) atoms. The SMILES string of the molecule is CCOc1cccc2ccc(/C=C3\SC(=S)N([C@@H](CCSC)C(=O)O)C3=O)nc12. The fraction of sp³-hybridized carbons (Fsp3) is 0.300. The van der Waals surface area contributed by atoms with Crippen molar-refractivity contribution in [2.45, 2.75) is 19.4 Å². The van der Waals surface area contributed by atoms with E-state index in [4.69, 9.17) is 17.0 Å². The number of aliphatic carboxylic acids is 1. The fourth-order valence-electron chi connectivity index (χ4n) is 2.96. The molecule has 1 atom stereocenters. The van der Waals surface area contributed by atoms with Gasteiger partial charge in [0.25, 0.3) is 5.91 Å². The van der Waals surface area contributed by atoms with Crippen molar-refractivity contribution in [3.63, 3.8) is 0 Å². The zero-order valence-corrected chi connectivity index (χ0v) is 18.4. The largest absolute Gasteiger partial charge is 0.492 e. The van der Waals surface area contributed by atoms with Crippen molar-refractivity contribution in [3.05, 3.63) is 40.9 Å². The molecule has 0 saturated carbocycles. The third kappa shape index (κ3) is 4.73. The Bertz CT molecular complexity index is 993. The van der Waals surface area contributed by atoms with Gasteiger partial charge in [0.15, 0.2) is 0 Å². The molecule has 1 saturated heterocycles. The Morgan fingerprint density at radius 2 is 2.21 bits per heavy atom. The van der Waals surface area contributed by atoms with Gasteiger partial charge in [-0.2, -0.15) is 11.8 Å². The van der Waals surface area contributed by atoms with Crippen LogP contribution in [0.1, 0.15) is 19.0 Å². The molecule has 1 aliphatic heterocycles. The molecule has 0 aliphatic carbocycles. The summed E-state index contributed by atoms with van der Waals surface area (Å²) in [5, 5.41) is 10.5. The number of carboxylic acids is 1. The predicted molar refractivity (Wildman–Crippen MR) is 122 cm³/mol. The van der Waals surface area contributed by atoms with Crippen LogP contribution in [0.5, 0.6) is 5.75 Å². The normalized spacial score (nSPS) is 16.6. The van der Waals surface area contributed by atoms with Gasteiger partial charge in [-0.15, -0.1) is 0 Å². The maximum atomic E-state index is 12.9. The van der Waals surface area contributed by atoms with Crippen molar-refractivity contribution in [3.8, 4) is 5.75 Å². The average Bonchev–Trinajstić information content (AvgIpc) is 2.96. The number of benzene rings is 1. The second-order valence-electron chi connectivity index (χ2n) is 6.18. The van der Waals surface area contributed by atoms with E-state index >= 15 is 0 Å². The summed E-state index contributed by atoms with van der Waals surface area (Å²) in [5.74, 6) is -0.148. The van der Waals surface area contributed by atoms with Gasteiger partial charge < -0.3 is 9.84 Å². The van der Waals surface area contributed by atoms with Gasteiger partial charge in [-0.3, -0.25) is 9.69 Å². The van der Waals surface area contributed by atoms with E-state index in [1.54, 1.807) is 6.08 Å². The first-order valence-corrected chi connectivity index (χ1v) is 11.6. The van der Waals surface area contributed by atoms with Crippen LogP contribution in [0.2, 0.25) is 0 Å². The zero-order valence-electron chi connectivity index (χ0n) is 16.0. The van der Waals surface area contributed by atoms with E-state index in [1.807, 2.05) is 43.5 Å². The van der Waals surface area contributed by atoms with Crippen LogP contribution in [0.25, 0.3) is 17.0 Å². The highest BCUT2D eigenvalue weighted by atomic mass is 32.2. The van der Waals surface area contributed by atoms with Crippen LogP contribution in [0.3, 0.4) is 0 Å². The lowest BCUT2D eigenvalue weighted by Crippen LogP contribution is -2.44. The van der Waals surface area contributed by atoms with Gasteiger partial charge in [0.2, 0.25) is 0 Å². The molecule has 3 rings (SSSR count). The molecule has 1 amide bonds. The average molecular weight is 449 g/mol. The summed E-state index contributed by atoms with van der Waals surface area (Å²) in [6.07, 6.45) is 3.88. The summed E-state index contributed by atoms with van der Waals surface area (Å²) in [4.78, 5) is 30.8. The van der Waals surface area contributed by atoms with E-state index < -0.39 is 17.9 Å². The standard InChI is InChI=1S/C20H20N2O4S3/c1-3-26-15-6-4-5-12-7-8-13(21-17(12)15)11-16-18(23)22(20(27)29-16)14(19(24)25)9-10-28-2/h4-8,11,14H,3,9-10H2,1-2H3,(H,24,25)/b16-11-/t14-/m0/s1. The summed E-state index contributed by atoms with van der Waals surface area (Å²) in [5.41, 5.74) is 1.29. The summed E-state index contributed by atoms with van der Waals surface area (Å²) < 4.78 is 5.90. The molecule has 1 aromatic carbocycles. The number of carbonyl (C=O) groups is 2. The van der Waals surface area contributed by atoms with E-state index in [2.05, 4.69) is 4.98 Å². The Morgan fingerprint density at radius 1 is 1.41 bits per heavy atom. The minimum absolute atomic E-state index is 0.255. The van der Waals surface area contributed by atoms with Crippen LogP contribution in [0.4, 0.5) is 0 Å². The number of thiocarbonyl (C=S) groups is 1. The number of thioether (sulfide) groups is 2. The Morgan fingerprint density at radius 3 is 2.90 bits per heavy atom. The van der Waals surface area contributed by atoms with Crippen LogP contribution in [0.15, 0.2) is 35.2 Å². The van der Waals surface area contributed by atoms with Crippen LogP contribution in [0, 0.1) is 0 Å². The molecule has 1 N–H and O–H groups in total. The van der Waals surface area contributed by atoms with E-state index in [0.29, 0.717) is 40.6 Å². The lowest BCUT2D eigenvalue weighted by atomic mass is 10.1. The summed E-state index contributed by atoms with van der Waals surface area (Å²) >= 11 is 7.94. The first-order valence-electron chi connectivity index (χ1n) is 8.97. The van der Waals surface area contributed by atoms with E-state index in [1.165, 1.54) is 16.7 Å². The number of fused-ring (bicyclic) bond motifs is 1. The molecule has 152 valence electrons. The van der Waals surface area contributed by atoms with Gasteiger partial charge in [0.05, 0.1) is 17.2 Å². The third-order valence-corrected chi connectivity index (χ3v) is 6.27. The lowest BCUT2D eigenvalue weighted by molar-refractivity contribution is -0.145. The summed E-state index contributed by atoms with van der Waals surface area (Å²) in [6, 6.07) is 8.46. The number of para-hydroxylation sites is 1. The highest BCUT2D eigenvalue weighted by Crippen LogP contribution is 2.35. The van der Waals surface area contributed by atoms with Gasteiger partial charge >= 0.3 is 5.97 Å². The first-order chi connectivity index (χ1) is 14.0. The molecule has 0 spiro atoms. The minimum Gasteiger partial charge on any atom is -0.492 e. The summed E-state index contributed by atoms with van der Waals surface area (Å²) in [7, 11) is 0. The molecule has 2 aromatic rings. The number of hydrogen-bond donors (Lipinski definition) is 1. The fourth-order valence-corrected chi connectivity index (χ4v) is 4.76. The number of carboxylic acid groups (broad SMARTS) is 1. The molecular formula is C20H20N2O4S3.